The lowest BCUT2D eigenvalue weighted by atomic mass is 10.1. The van der Waals surface area contributed by atoms with Crippen molar-refractivity contribution in [3.8, 4) is 11.5 Å². The van der Waals surface area contributed by atoms with Crippen molar-refractivity contribution in [2.45, 2.75) is 6.92 Å². The Balaban J connectivity index is 1.91. The van der Waals surface area contributed by atoms with Gasteiger partial charge in [0.15, 0.2) is 18.1 Å². The summed E-state index contributed by atoms with van der Waals surface area (Å²) < 4.78 is 15.1. The smallest absolute Gasteiger partial charge is 0.343 e. The Kier molecular flexibility index (Phi) is 6.35. The van der Waals surface area contributed by atoms with Gasteiger partial charge in [-0.3, -0.25) is 14.9 Å². The minimum Gasteiger partial charge on any atom is -0.493 e. The van der Waals surface area contributed by atoms with E-state index in [-0.39, 0.29) is 23.7 Å². The standard InChI is InChI=1S/C22H20N2O7/c1-13-4-7-15(8-5-13)24-21(27)16(20(26)23-22(24)28)10-14-6-9-17(18(11-14)29-2)31-12-19(25)30-3/h4-11H,12H2,1-3H3,(H,23,26,28)/b16-10-. The molecule has 31 heavy (non-hydrogen) atoms. The fraction of sp³-hybridized carbons (Fsp3) is 0.182. The Morgan fingerprint density at radius 2 is 1.74 bits per heavy atom. The molecule has 1 aliphatic heterocycles. The molecule has 0 radical (unpaired) electrons. The quantitative estimate of drug-likeness (QED) is 0.430. The highest BCUT2D eigenvalue weighted by Gasteiger charge is 2.36. The molecule has 0 aromatic heterocycles. The number of ether oxygens (including phenoxy) is 3. The number of nitrogens with zero attached hydrogens (tertiary/aromatic N) is 1. The SMILES string of the molecule is COC(=O)COc1ccc(/C=C2/C(=O)NC(=O)N(c3ccc(C)cc3)C2=O)cc1OC. The summed E-state index contributed by atoms with van der Waals surface area (Å²) in [5.74, 6) is -1.54. The molecule has 0 saturated carbocycles. The van der Waals surface area contributed by atoms with E-state index in [9.17, 15) is 19.2 Å². The largest absolute Gasteiger partial charge is 0.493 e. The second-order valence-corrected chi connectivity index (χ2v) is 6.57. The first-order valence-corrected chi connectivity index (χ1v) is 9.20. The number of hydrogen-bond acceptors (Lipinski definition) is 7. The maximum Gasteiger partial charge on any atom is 0.343 e. The van der Waals surface area contributed by atoms with Crippen molar-refractivity contribution >= 4 is 35.6 Å². The zero-order valence-corrected chi connectivity index (χ0v) is 17.1. The maximum absolute atomic E-state index is 12.9. The Labute approximate surface area is 178 Å². The summed E-state index contributed by atoms with van der Waals surface area (Å²) in [5.41, 5.74) is 1.54. The van der Waals surface area contributed by atoms with Crippen LogP contribution < -0.4 is 19.7 Å². The normalized spacial score (nSPS) is 15.0. The first-order valence-electron chi connectivity index (χ1n) is 9.20. The van der Waals surface area contributed by atoms with Gasteiger partial charge in [0.05, 0.1) is 19.9 Å². The van der Waals surface area contributed by atoms with Crippen molar-refractivity contribution in [3.63, 3.8) is 0 Å². The van der Waals surface area contributed by atoms with Crippen LogP contribution in [0.1, 0.15) is 11.1 Å². The second kappa shape index (κ2) is 9.12. The molecule has 0 unspecified atom stereocenters. The fourth-order valence-corrected chi connectivity index (χ4v) is 2.84. The number of amides is 4. The molecule has 1 fully saturated rings. The number of rotatable bonds is 6. The van der Waals surface area contributed by atoms with Gasteiger partial charge in [0.2, 0.25) is 0 Å². The minimum atomic E-state index is -0.819. The molecule has 1 aliphatic rings. The molecule has 1 heterocycles. The van der Waals surface area contributed by atoms with E-state index >= 15 is 0 Å². The Morgan fingerprint density at radius 3 is 2.39 bits per heavy atom. The Bertz CT molecular complexity index is 1070. The van der Waals surface area contributed by atoms with Crippen LogP contribution in [0.5, 0.6) is 11.5 Å². The van der Waals surface area contributed by atoms with Crippen molar-refractivity contribution in [1.29, 1.82) is 0 Å². The van der Waals surface area contributed by atoms with Gasteiger partial charge in [-0.05, 0) is 42.8 Å². The molecule has 0 bridgehead atoms. The predicted octanol–water partition coefficient (Wildman–Crippen LogP) is 2.22. The number of carbonyl (C=O) groups excluding carboxylic acids is 4. The van der Waals surface area contributed by atoms with Gasteiger partial charge in [-0.15, -0.1) is 0 Å². The number of nitrogens with one attached hydrogen (secondary N) is 1. The molecule has 2 aromatic rings. The van der Waals surface area contributed by atoms with Gasteiger partial charge in [0.1, 0.15) is 5.57 Å². The summed E-state index contributed by atoms with van der Waals surface area (Å²) >= 11 is 0. The summed E-state index contributed by atoms with van der Waals surface area (Å²) in [6, 6.07) is 10.6. The van der Waals surface area contributed by atoms with Crippen LogP contribution in [0.4, 0.5) is 10.5 Å². The maximum atomic E-state index is 12.9. The molecule has 2 aromatic carbocycles. The number of methoxy groups -OCH3 is 2. The van der Waals surface area contributed by atoms with Gasteiger partial charge < -0.3 is 14.2 Å². The van der Waals surface area contributed by atoms with Gasteiger partial charge >= 0.3 is 12.0 Å². The predicted molar refractivity (Wildman–Crippen MR) is 111 cm³/mol. The average Bonchev–Trinajstić information content (AvgIpc) is 2.76. The molecule has 0 aliphatic carbocycles. The summed E-state index contributed by atoms with van der Waals surface area (Å²) in [6.45, 7) is 1.57. The number of esters is 1. The zero-order chi connectivity index (χ0) is 22.5. The van der Waals surface area contributed by atoms with Crippen LogP contribution in [0.25, 0.3) is 6.08 Å². The number of hydrogen-bond donors (Lipinski definition) is 1. The molecular formula is C22H20N2O7. The van der Waals surface area contributed by atoms with Gasteiger partial charge in [0.25, 0.3) is 11.8 Å². The highest BCUT2D eigenvalue weighted by Crippen LogP contribution is 2.30. The van der Waals surface area contributed by atoms with E-state index in [0.29, 0.717) is 11.3 Å². The lowest BCUT2D eigenvalue weighted by Gasteiger charge is -2.26. The van der Waals surface area contributed by atoms with Crippen LogP contribution in [-0.4, -0.2) is 44.6 Å². The molecule has 1 N–H and O–H groups in total. The number of imide groups is 2. The van der Waals surface area contributed by atoms with Gasteiger partial charge in [0, 0.05) is 0 Å². The van der Waals surface area contributed by atoms with Crippen molar-refractivity contribution < 1.29 is 33.4 Å². The molecule has 4 amide bonds. The van der Waals surface area contributed by atoms with E-state index < -0.39 is 23.8 Å². The van der Waals surface area contributed by atoms with Crippen LogP contribution in [0.2, 0.25) is 0 Å². The number of carbonyl (C=O) groups is 4. The summed E-state index contributed by atoms with van der Waals surface area (Å²) in [7, 11) is 2.66. The van der Waals surface area contributed by atoms with Crippen molar-refractivity contribution in [2.24, 2.45) is 0 Å². The van der Waals surface area contributed by atoms with E-state index in [4.69, 9.17) is 9.47 Å². The minimum absolute atomic E-state index is 0.217. The second-order valence-electron chi connectivity index (χ2n) is 6.57. The number of benzene rings is 2. The van der Waals surface area contributed by atoms with Crippen LogP contribution in [0.3, 0.4) is 0 Å². The third kappa shape index (κ3) is 4.72. The van der Waals surface area contributed by atoms with Gasteiger partial charge in [-0.1, -0.05) is 23.8 Å². The van der Waals surface area contributed by atoms with E-state index in [0.717, 1.165) is 10.5 Å². The van der Waals surface area contributed by atoms with Crippen LogP contribution >= 0.6 is 0 Å². The Hall–Kier alpha value is -4.14. The van der Waals surface area contributed by atoms with E-state index in [2.05, 4.69) is 10.1 Å². The monoisotopic (exact) mass is 424 g/mol. The van der Waals surface area contributed by atoms with Crippen LogP contribution in [-0.2, 0) is 19.1 Å². The highest BCUT2D eigenvalue weighted by molar-refractivity contribution is 6.39. The van der Waals surface area contributed by atoms with Gasteiger partial charge in [-0.25, -0.2) is 14.5 Å². The van der Waals surface area contributed by atoms with Crippen LogP contribution in [0, 0.1) is 6.92 Å². The summed E-state index contributed by atoms with van der Waals surface area (Å²) in [5, 5.41) is 2.17. The lowest BCUT2D eigenvalue weighted by molar-refractivity contribution is -0.143. The summed E-state index contributed by atoms with van der Waals surface area (Å²) in [4.78, 5) is 49.7. The van der Waals surface area contributed by atoms with Gasteiger partial charge in [-0.2, -0.15) is 0 Å². The van der Waals surface area contributed by atoms with Crippen molar-refractivity contribution in [3.05, 3.63) is 59.2 Å². The number of barbiturate groups is 1. The van der Waals surface area contributed by atoms with E-state index in [1.165, 1.54) is 32.4 Å². The lowest BCUT2D eigenvalue weighted by Crippen LogP contribution is -2.54. The Morgan fingerprint density at radius 1 is 1.03 bits per heavy atom. The van der Waals surface area contributed by atoms with Crippen molar-refractivity contribution in [2.75, 3.05) is 25.7 Å². The molecular weight excluding hydrogens is 404 g/mol. The third-order valence-corrected chi connectivity index (χ3v) is 4.47. The first-order chi connectivity index (χ1) is 14.8. The number of urea groups is 1. The zero-order valence-electron chi connectivity index (χ0n) is 17.1. The van der Waals surface area contributed by atoms with Crippen LogP contribution in [0.15, 0.2) is 48.0 Å². The molecule has 160 valence electrons. The highest BCUT2D eigenvalue weighted by atomic mass is 16.6. The molecule has 0 spiro atoms. The molecule has 9 nitrogen and oxygen atoms in total. The molecule has 0 atom stereocenters. The van der Waals surface area contributed by atoms with Crippen molar-refractivity contribution in [1.82, 2.24) is 5.32 Å². The molecule has 9 heteroatoms. The van der Waals surface area contributed by atoms with E-state index in [1.807, 2.05) is 6.92 Å². The number of anilines is 1. The molecule has 3 rings (SSSR count). The number of aryl methyl sites for hydroxylation is 1. The first kappa shape index (κ1) is 21.6. The fourth-order valence-electron chi connectivity index (χ4n) is 2.84. The van der Waals surface area contributed by atoms with E-state index in [1.54, 1.807) is 30.3 Å². The average molecular weight is 424 g/mol. The molecule has 1 saturated heterocycles. The topological polar surface area (TPSA) is 111 Å². The third-order valence-electron chi connectivity index (χ3n) is 4.47. The summed E-state index contributed by atoms with van der Waals surface area (Å²) in [6.07, 6.45) is 1.35.